The van der Waals surface area contributed by atoms with E-state index >= 15 is 0 Å². The number of ether oxygens (including phenoxy) is 4. The Morgan fingerprint density at radius 3 is 1.92 bits per heavy atom. The third-order valence-corrected chi connectivity index (χ3v) is 5.29. The van der Waals surface area contributed by atoms with Crippen LogP contribution >= 0.6 is 0 Å². The molecule has 0 saturated heterocycles. The minimum Gasteiger partial charge on any atom is -0.454 e. The molecule has 3 rings (SSSR count). The maximum atomic E-state index is 14.7. The molecule has 0 unspecified atom stereocenters. The Morgan fingerprint density at radius 2 is 1.31 bits per heavy atom. The lowest BCUT2D eigenvalue weighted by molar-refractivity contribution is -0.134. The van der Waals surface area contributed by atoms with Gasteiger partial charge in [-0.3, -0.25) is 4.79 Å². The number of rotatable bonds is 13. The minimum absolute atomic E-state index is 0.00645. The van der Waals surface area contributed by atoms with Crippen LogP contribution in [0.15, 0.2) is 123 Å². The number of allylic oxidation sites excluding steroid dienone is 2. The molecule has 3 aromatic rings. The molecular weight excluding hydrogens is 499 g/mol. The second-order valence-electron chi connectivity index (χ2n) is 8.09. The molecule has 39 heavy (non-hydrogen) atoms. The van der Waals surface area contributed by atoms with Gasteiger partial charge in [0.15, 0.2) is 23.1 Å². The number of halogens is 1. The number of carbonyl (C=O) groups is 2. The summed E-state index contributed by atoms with van der Waals surface area (Å²) in [6, 6.07) is 15.9. The van der Waals surface area contributed by atoms with Gasteiger partial charge < -0.3 is 18.9 Å². The molecule has 0 aliphatic carbocycles. The Morgan fingerprint density at radius 1 is 0.692 bits per heavy atom. The molecule has 0 aliphatic heterocycles. The molecule has 0 radical (unpaired) electrons. The molecule has 7 heteroatoms. The largest absolute Gasteiger partial charge is 0.454 e. The molecular formula is C32H27FO6. The molecule has 0 N–H and O–H groups in total. The number of hydrogen-bond acceptors (Lipinski definition) is 6. The number of hydrogen-bond donors (Lipinski definition) is 0. The fourth-order valence-corrected chi connectivity index (χ4v) is 3.29. The Bertz CT molecular complexity index is 1440. The van der Waals surface area contributed by atoms with Gasteiger partial charge in [-0.1, -0.05) is 57.2 Å². The van der Waals surface area contributed by atoms with Gasteiger partial charge >= 0.3 is 11.9 Å². The highest BCUT2D eigenvalue weighted by Gasteiger charge is 2.14. The monoisotopic (exact) mass is 526 g/mol. The fraction of sp³-hybridized carbons (Fsp3) is 0.0625. The van der Waals surface area contributed by atoms with Crippen LogP contribution < -0.4 is 18.9 Å². The molecule has 0 fully saturated rings. The Hall–Kier alpha value is -5.17. The van der Waals surface area contributed by atoms with Gasteiger partial charge in [0.05, 0.1) is 0 Å². The van der Waals surface area contributed by atoms with Gasteiger partial charge in [-0.05, 0) is 71.7 Å². The highest BCUT2D eigenvalue weighted by atomic mass is 19.1. The molecule has 198 valence electrons. The van der Waals surface area contributed by atoms with Crippen LogP contribution in [0.2, 0.25) is 0 Å². The summed E-state index contributed by atoms with van der Waals surface area (Å²) >= 11 is 0. The predicted molar refractivity (Wildman–Crippen MR) is 148 cm³/mol. The molecule has 6 nitrogen and oxygen atoms in total. The molecule has 0 atom stereocenters. The van der Waals surface area contributed by atoms with Crippen molar-refractivity contribution in [3.8, 4) is 34.1 Å². The zero-order valence-electron chi connectivity index (χ0n) is 21.3. The highest BCUT2D eigenvalue weighted by Crippen LogP contribution is 2.32. The summed E-state index contributed by atoms with van der Waals surface area (Å²) in [5.41, 5.74) is 2.00. The maximum absolute atomic E-state index is 14.7. The Kier molecular flexibility index (Phi) is 9.76. The number of esters is 2. The first-order valence-electron chi connectivity index (χ1n) is 11.8. The Labute approximate surface area is 226 Å². The topological polar surface area (TPSA) is 71.1 Å². The van der Waals surface area contributed by atoms with E-state index in [0.29, 0.717) is 46.3 Å². The van der Waals surface area contributed by atoms with E-state index in [1.165, 1.54) is 24.3 Å². The van der Waals surface area contributed by atoms with Gasteiger partial charge in [0.2, 0.25) is 0 Å². The Balaban J connectivity index is 1.64. The first-order chi connectivity index (χ1) is 18.7. The van der Waals surface area contributed by atoms with Crippen LogP contribution in [0.5, 0.6) is 23.0 Å². The van der Waals surface area contributed by atoms with E-state index in [-0.39, 0.29) is 12.2 Å². The van der Waals surface area contributed by atoms with Gasteiger partial charge in [0.25, 0.3) is 0 Å². The van der Waals surface area contributed by atoms with Crippen molar-refractivity contribution < 1.29 is 32.9 Å². The smallest absolute Gasteiger partial charge is 0.335 e. The second kappa shape index (κ2) is 13.4. The van der Waals surface area contributed by atoms with Crippen molar-refractivity contribution in [2.24, 2.45) is 0 Å². The first kappa shape index (κ1) is 28.4. The third-order valence-electron chi connectivity index (χ3n) is 5.29. The number of benzene rings is 3. The van der Waals surface area contributed by atoms with E-state index in [9.17, 15) is 14.0 Å². The third kappa shape index (κ3) is 8.16. The number of carbonyl (C=O) groups excluding carboxylic acids is 2. The molecule has 0 aromatic heterocycles. The van der Waals surface area contributed by atoms with Crippen molar-refractivity contribution in [1.29, 1.82) is 0 Å². The summed E-state index contributed by atoms with van der Waals surface area (Å²) in [7, 11) is 0. The van der Waals surface area contributed by atoms with Crippen LogP contribution in [0.4, 0.5) is 4.39 Å². The molecule has 0 aliphatic rings. The normalized spacial score (nSPS) is 10.1. The SMILES string of the molecule is C=CC(=C)Oc1ccc(CCC(=O)Oc2ccc(-c3ccc(OC(=O)C=C)cc3)cc2F)cc1OC(=C)C=C. The zero-order valence-corrected chi connectivity index (χ0v) is 21.3. The van der Waals surface area contributed by atoms with Gasteiger partial charge in [0.1, 0.15) is 17.3 Å². The molecule has 0 heterocycles. The van der Waals surface area contributed by atoms with Crippen molar-refractivity contribution >= 4 is 11.9 Å². The molecule has 0 bridgehead atoms. The standard InChI is InChI=1S/C32H27FO6/c1-6-21(4)36-29-16-9-23(19-30(29)37-22(5)7-2)10-18-32(35)39-28-17-13-25(20-27(28)33)24-11-14-26(15-12-24)38-31(34)8-3/h6-9,11-17,19-20H,1-5,10,18H2. The van der Waals surface area contributed by atoms with Crippen molar-refractivity contribution in [2.45, 2.75) is 12.8 Å². The predicted octanol–water partition coefficient (Wildman–Crippen LogP) is 7.28. The number of aryl methyl sites for hydroxylation is 1. The van der Waals surface area contributed by atoms with Crippen LogP contribution in [0.3, 0.4) is 0 Å². The van der Waals surface area contributed by atoms with Crippen LogP contribution in [0.25, 0.3) is 11.1 Å². The van der Waals surface area contributed by atoms with Crippen molar-refractivity contribution in [1.82, 2.24) is 0 Å². The van der Waals surface area contributed by atoms with Crippen molar-refractivity contribution in [3.63, 3.8) is 0 Å². The first-order valence-corrected chi connectivity index (χ1v) is 11.8. The van der Waals surface area contributed by atoms with E-state index in [1.54, 1.807) is 48.5 Å². The lowest BCUT2D eigenvalue weighted by Crippen LogP contribution is -2.10. The summed E-state index contributed by atoms with van der Waals surface area (Å²) in [6.45, 7) is 18.0. The van der Waals surface area contributed by atoms with Gasteiger partial charge in [-0.15, -0.1) is 0 Å². The van der Waals surface area contributed by atoms with E-state index in [0.717, 1.165) is 11.6 Å². The summed E-state index contributed by atoms with van der Waals surface area (Å²) in [5.74, 6) is -0.314. The zero-order chi connectivity index (χ0) is 28.4. The summed E-state index contributed by atoms with van der Waals surface area (Å²) in [5, 5.41) is 0. The van der Waals surface area contributed by atoms with Crippen LogP contribution in [-0.4, -0.2) is 11.9 Å². The average molecular weight is 527 g/mol. The second-order valence-corrected chi connectivity index (χ2v) is 8.09. The van der Waals surface area contributed by atoms with Crippen LogP contribution in [0.1, 0.15) is 12.0 Å². The molecule has 0 amide bonds. The minimum atomic E-state index is -0.689. The maximum Gasteiger partial charge on any atom is 0.335 e. The van der Waals surface area contributed by atoms with Crippen molar-refractivity contribution in [3.05, 3.63) is 135 Å². The molecule has 0 spiro atoms. The van der Waals surface area contributed by atoms with Gasteiger partial charge in [-0.2, -0.15) is 0 Å². The van der Waals surface area contributed by atoms with E-state index in [1.807, 2.05) is 0 Å². The lowest BCUT2D eigenvalue weighted by atomic mass is 10.1. The lowest BCUT2D eigenvalue weighted by Gasteiger charge is -2.14. The molecule has 3 aromatic carbocycles. The van der Waals surface area contributed by atoms with Gasteiger partial charge in [-0.25, -0.2) is 9.18 Å². The summed E-state index contributed by atoms with van der Waals surface area (Å²) < 4.78 is 36.3. The fourth-order valence-electron chi connectivity index (χ4n) is 3.29. The van der Waals surface area contributed by atoms with E-state index < -0.39 is 17.8 Å². The van der Waals surface area contributed by atoms with Gasteiger partial charge in [0, 0.05) is 12.5 Å². The summed E-state index contributed by atoms with van der Waals surface area (Å²) in [4.78, 5) is 23.8. The van der Waals surface area contributed by atoms with E-state index in [2.05, 4.69) is 32.9 Å². The summed E-state index contributed by atoms with van der Waals surface area (Å²) in [6.07, 6.45) is 4.27. The van der Waals surface area contributed by atoms with Crippen molar-refractivity contribution in [2.75, 3.05) is 0 Å². The molecule has 0 saturated carbocycles. The highest BCUT2D eigenvalue weighted by molar-refractivity contribution is 5.83. The van der Waals surface area contributed by atoms with Crippen LogP contribution in [0, 0.1) is 5.82 Å². The van der Waals surface area contributed by atoms with Crippen LogP contribution in [-0.2, 0) is 16.0 Å². The average Bonchev–Trinajstić information content (AvgIpc) is 2.94. The van der Waals surface area contributed by atoms with E-state index in [4.69, 9.17) is 18.9 Å². The quantitative estimate of drug-likeness (QED) is 0.0766.